The second-order valence-corrected chi connectivity index (χ2v) is 4.76. The Morgan fingerprint density at radius 3 is 2.57 bits per heavy atom. The van der Waals surface area contributed by atoms with Crippen molar-refractivity contribution in [3.05, 3.63) is 34.4 Å². The second kappa shape index (κ2) is 5.68. The van der Waals surface area contributed by atoms with Gasteiger partial charge in [-0.1, -0.05) is 12.1 Å². The number of halogens is 3. The average Bonchev–Trinajstić information content (AvgIpc) is 2.32. The van der Waals surface area contributed by atoms with Crippen molar-refractivity contribution in [2.24, 2.45) is 5.92 Å². The van der Waals surface area contributed by atoms with E-state index >= 15 is 0 Å². The highest BCUT2D eigenvalue weighted by Crippen LogP contribution is 2.33. The van der Waals surface area contributed by atoms with Gasteiger partial charge in [-0.25, -0.2) is 0 Å². The lowest BCUT2D eigenvalue weighted by atomic mass is 10.00. The molecule has 0 aliphatic carbocycles. The summed E-state index contributed by atoms with van der Waals surface area (Å²) in [6.07, 6.45) is -4.24. The predicted octanol–water partition coefficient (Wildman–Crippen LogP) is 2.03. The number of alkyl halides is 3. The van der Waals surface area contributed by atoms with Crippen molar-refractivity contribution in [1.29, 1.82) is 0 Å². The van der Waals surface area contributed by atoms with Crippen LogP contribution in [0.5, 0.6) is 0 Å². The Balaban J connectivity index is 1.88. The molecule has 0 aromatic heterocycles. The molecule has 2 rings (SSSR count). The molecule has 1 aromatic rings. The third kappa shape index (κ3) is 3.69. The highest BCUT2D eigenvalue weighted by molar-refractivity contribution is 5.94. The first-order valence-corrected chi connectivity index (χ1v) is 6.09. The van der Waals surface area contributed by atoms with Gasteiger partial charge < -0.3 is 5.32 Å². The lowest BCUT2D eigenvalue weighted by Crippen LogP contribution is -2.55. The van der Waals surface area contributed by atoms with Crippen molar-refractivity contribution in [3.8, 4) is 0 Å². The fourth-order valence-corrected chi connectivity index (χ4v) is 2.04. The van der Waals surface area contributed by atoms with Gasteiger partial charge in [-0.2, -0.15) is 13.2 Å². The van der Waals surface area contributed by atoms with Crippen LogP contribution < -0.4 is 5.32 Å². The number of carbonyl (C=O) groups excluding carboxylic acids is 1. The van der Waals surface area contributed by atoms with Gasteiger partial charge >= 0.3 is 6.18 Å². The molecule has 0 unspecified atom stereocenters. The number of hydrogen-bond donors (Lipinski definition) is 1. The summed E-state index contributed by atoms with van der Waals surface area (Å²) in [6.45, 7) is -0.680. The molecule has 1 N–H and O–H groups in total. The summed E-state index contributed by atoms with van der Waals surface area (Å²) in [6, 6.07) is 5.58. The van der Waals surface area contributed by atoms with Crippen molar-refractivity contribution < 1.29 is 22.9 Å². The van der Waals surface area contributed by atoms with Crippen LogP contribution in [0.2, 0.25) is 0 Å². The molecule has 1 amide bonds. The largest absolute Gasteiger partial charge is 0.394 e. The molecule has 0 radical (unpaired) electrons. The summed E-state index contributed by atoms with van der Waals surface area (Å²) >= 11 is 0. The highest BCUT2D eigenvalue weighted by atomic mass is 19.4. The Kier molecular flexibility index (Phi) is 4.12. The van der Waals surface area contributed by atoms with Gasteiger partial charge in [-0.05, 0) is 6.07 Å². The molecule has 0 spiro atoms. The van der Waals surface area contributed by atoms with Crippen molar-refractivity contribution in [1.82, 2.24) is 4.90 Å². The molecular formula is C12H12F3N3O3. The summed E-state index contributed by atoms with van der Waals surface area (Å²) < 4.78 is 36.9. The molecule has 1 aliphatic heterocycles. The highest BCUT2D eigenvalue weighted by Gasteiger charge is 2.47. The number of benzene rings is 1. The first kappa shape index (κ1) is 15.2. The molecule has 6 nitrogen and oxygen atoms in total. The van der Waals surface area contributed by atoms with E-state index in [1.54, 1.807) is 0 Å². The zero-order valence-corrected chi connectivity index (χ0v) is 10.8. The Labute approximate surface area is 117 Å². The van der Waals surface area contributed by atoms with E-state index in [2.05, 4.69) is 5.32 Å². The van der Waals surface area contributed by atoms with Crippen molar-refractivity contribution in [2.75, 3.05) is 25.0 Å². The van der Waals surface area contributed by atoms with Gasteiger partial charge in [0, 0.05) is 19.2 Å². The van der Waals surface area contributed by atoms with Crippen LogP contribution in [0.4, 0.5) is 24.5 Å². The third-order valence-corrected chi connectivity index (χ3v) is 3.16. The summed E-state index contributed by atoms with van der Waals surface area (Å²) in [5.41, 5.74) is -0.233. The van der Waals surface area contributed by atoms with E-state index in [9.17, 15) is 28.1 Å². The quantitative estimate of drug-likeness (QED) is 0.682. The zero-order chi connectivity index (χ0) is 15.6. The summed E-state index contributed by atoms with van der Waals surface area (Å²) in [4.78, 5) is 23.2. The molecule has 21 heavy (non-hydrogen) atoms. The number of carbonyl (C=O) groups is 1. The minimum atomic E-state index is -4.24. The van der Waals surface area contributed by atoms with Crippen LogP contribution in [0.3, 0.4) is 0 Å². The van der Waals surface area contributed by atoms with Crippen LogP contribution >= 0.6 is 0 Å². The Hall–Kier alpha value is -2.16. The molecule has 114 valence electrons. The first-order valence-electron chi connectivity index (χ1n) is 6.09. The van der Waals surface area contributed by atoms with Gasteiger partial charge in [0.1, 0.15) is 5.69 Å². The maximum atomic E-state index is 12.3. The number of nitro benzene ring substituents is 1. The Morgan fingerprint density at radius 1 is 1.38 bits per heavy atom. The number of likely N-dealkylation sites (tertiary alicyclic amines) is 1. The topological polar surface area (TPSA) is 75.5 Å². The van der Waals surface area contributed by atoms with Crippen LogP contribution in [0, 0.1) is 16.0 Å². The smallest absolute Gasteiger partial charge is 0.319 e. The van der Waals surface area contributed by atoms with E-state index in [0.29, 0.717) is 0 Å². The van der Waals surface area contributed by atoms with Gasteiger partial charge in [0.25, 0.3) is 5.69 Å². The molecular weight excluding hydrogens is 291 g/mol. The molecule has 0 bridgehead atoms. The fraction of sp³-hybridized carbons (Fsp3) is 0.417. The monoisotopic (exact) mass is 303 g/mol. The van der Waals surface area contributed by atoms with Gasteiger partial charge in [0.15, 0.2) is 0 Å². The fourth-order valence-electron chi connectivity index (χ4n) is 2.04. The van der Waals surface area contributed by atoms with Crippen molar-refractivity contribution in [3.63, 3.8) is 0 Å². The third-order valence-electron chi connectivity index (χ3n) is 3.16. The van der Waals surface area contributed by atoms with Gasteiger partial charge in [-0.3, -0.25) is 19.8 Å². The molecule has 9 heteroatoms. The standard InChI is InChI=1S/C12H12F3N3O3/c13-12(14,15)8-5-17(6-8)7-11(19)16-9-3-1-2-4-10(9)18(20)21/h1-4,8H,5-7H2,(H,16,19). The number of nitro groups is 1. The summed E-state index contributed by atoms with van der Waals surface area (Å²) in [7, 11) is 0. The Morgan fingerprint density at radius 2 is 2.00 bits per heavy atom. The van der Waals surface area contributed by atoms with E-state index in [1.165, 1.54) is 29.2 Å². The number of anilines is 1. The zero-order valence-electron chi connectivity index (χ0n) is 10.8. The van der Waals surface area contributed by atoms with Crippen molar-refractivity contribution in [2.45, 2.75) is 6.18 Å². The molecule has 0 atom stereocenters. The normalized spacial score (nSPS) is 16.3. The summed E-state index contributed by atoms with van der Waals surface area (Å²) in [5.74, 6) is -1.98. The maximum Gasteiger partial charge on any atom is 0.394 e. The van der Waals surface area contributed by atoms with E-state index in [-0.39, 0.29) is 31.0 Å². The summed E-state index contributed by atoms with van der Waals surface area (Å²) in [5, 5.41) is 13.1. The molecule has 1 aromatic carbocycles. The van der Waals surface area contributed by atoms with E-state index in [0.717, 1.165) is 0 Å². The first-order chi connectivity index (χ1) is 9.77. The number of amides is 1. The number of hydrogen-bond acceptors (Lipinski definition) is 4. The van der Waals surface area contributed by atoms with E-state index in [4.69, 9.17) is 0 Å². The Bertz CT molecular complexity index is 556. The average molecular weight is 303 g/mol. The molecule has 1 heterocycles. The minimum absolute atomic E-state index is 0.0281. The molecule has 1 fully saturated rings. The molecule has 0 saturated carbocycles. The van der Waals surface area contributed by atoms with E-state index in [1.807, 2.05) is 0 Å². The lowest BCUT2D eigenvalue weighted by molar-refractivity contribution is -0.383. The SMILES string of the molecule is O=C(CN1CC(C(F)(F)F)C1)Nc1ccccc1[N+](=O)[O-]. The van der Waals surface area contributed by atoms with Gasteiger partial charge in [-0.15, -0.1) is 0 Å². The van der Waals surface area contributed by atoms with Crippen LogP contribution in [-0.2, 0) is 4.79 Å². The second-order valence-electron chi connectivity index (χ2n) is 4.76. The molecule has 1 saturated heterocycles. The minimum Gasteiger partial charge on any atom is -0.319 e. The number of para-hydroxylation sites is 2. The van der Waals surface area contributed by atoms with Gasteiger partial charge in [0.2, 0.25) is 5.91 Å². The molecule has 1 aliphatic rings. The van der Waals surface area contributed by atoms with Gasteiger partial charge in [0.05, 0.1) is 17.4 Å². The maximum absolute atomic E-state index is 12.3. The lowest BCUT2D eigenvalue weighted by Gasteiger charge is -2.39. The number of nitrogens with one attached hydrogen (secondary N) is 1. The van der Waals surface area contributed by atoms with Crippen molar-refractivity contribution >= 4 is 17.3 Å². The predicted molar refractivity (Wildman–Crippen MR) is 67.7 cm³/mol. The van der Waals surface area contributed by atoms with Crippen LogP contribution in [0.15, 0.2) is 24.3 Å². The van der Waals surface area contributed by atoms with Crippen LogP contribution in [0.1, 0.15) is 0 Å². The van der Waals surface area contributed by atoms with Crippen LogP contribution in [0.25, 0.3) is 0 Å². The van der Waals surface area contributed by atoms with Crippen LogP contribution in [-0.4, -0.2) is 41.5 Å². The number of nitrogens with zero attached hydrogens (tertiary/aromatic N) is 2. The van der Waals surface area contributed by atoms with E-state index < -0.39 is 22.9 Å². The number of rotatable bonds is 4.